The van der Waals surface area contributed by atoms with Crippen LogP contribution in [0.3, 0.4) is 0 Å². The molecule has 2 saturated heterocycles. The molecule has 24 heavy (non-hydrogen) atoms. The van der Waals surface area contributed by atoms with Crippen molar-refractivity contribution >= 4 is 5.95 Å². The van der Waals surface area contributed by atoms with E-state index in [-0.39, 0.29) is 5.82 Å². The van der Waals surface area contributed by atoms with E-state index in [0.717, 1.165) is 37.7 Å². The number of rotatable bonds is 3. The van der Waals surface area contributed by atoms with Gasteiger partial charge in [0.05, 0.1) is 0 Å². The van der Waals surface area contributed by atoms with Crippen molar-refractivity contribution in [2.45, 2.75) is 25.8 Å². The molecule has 2 aromatic rings. The summed E-state index contributed by atoms with van der Waals surface area (Å²) in [6.07, 6.45) is 7.19. The van der Waals surface area contributed by atoms with Gasteiger partial charge >= 0.3 is 0 Å². The average molecular weight is 326 g/mol. The fraction of sp³-hybridized carbons (Fsp3) is 0.474. The van der Waals surface area contributed by atoms with Crippen LogP contribution < -0.4 is 4.90 Å². The summed E-state index contributed by atoms with van der Waals surface area (Å²) < 4.78 is 13.9. The zero-order valence-corrected chi connectivity index (χ0v) is 13.9. The molecular weight excluding hydrogens is 303 g/mol. The van der Waals surface area contributed by atoms with Crippen LogP contribution in [0.5, 0.6) is 0 Å². The van der Waals surface area contributed by atoms with Crippen molar-refractivity contribution in [3.8, 4) is 0 Å². The van der Waals surface area contributed by atoms with Crippen LogP contribution in [0.2, 0.25) is 0 Å². The maximum atomic E-state index is 13.9. The van der Waals surface area contributed by atoms with Crippen LogP contribution in [0.4, 0.5) is 10.3 Å². The molecule has 0 radical (unpaired) electrons. The van der Waals surface area contributed by atoms with Gasteiger partial charge in [-0.15, -0.1) is 0 Å². The summed E-state index contributed by atoms with van der Waals surface area (Å²) in [5.41, 5.74) is 1.10. The molecule has 4 nitrogen and oxygen atoms in total. The van der Waals surface area contributed by atoms with E-state index in [1.165, 1.54) is 19.3 Å². The Morgan fingerprint density at radius 1 is 1.00 bits per heavy atom. The molecule has 0 unspecified atom stereocenters. The zero-order valence-electron chi connectivity index (χ0n) is 13.9. The fourth-order valence-corrected chi connectivity index (χ4v) is 4.21. The Labute approximate surface area is 142 Å². The van der Waals surface area contributed by atoms with E-state index in [0.29, 0.717) is 12.0 Å². The third-order valence-corrected chi connectivity index (χ3v) is 5.37. The minimum absolute atomic E-state index is 0.0946. The van der Waals surface area contributed by atoms with E-state index in [4.69, 9.17) is 0 Å². The third-order valence-electron chi connectivity index (χ3n) is 5.37. The molecule has 1 atom stereocenters. The lowest BCUT2D eigenvalue weighted by atomic mass is 9.79. The smallest absolute Gasteiger partial charge is 0.225 e. The number of piperidine rings is 1. The molecule has 2 aliphatic rings. The van der Waals surface area contributed by atoms with Crippen molar-refractivity contribution in [2.24, 2.45) is 5.41 Å². The predicted molar refractivity (Wildman–Crippen MR) is 92.2 cm³/mol. The van der Waals surface area contributed by atoms with Gasteiger partial charge in [0.15, 0.2) is 0 Å². The molecule has 1 aromatic carbocycles. The van der Waals surface area contributed by atoms with E-state index < -0.39 is 0 Å². The minimum Gasteiger partial charge on any atom is -0.340 e. The highest BCUT2D eigenvalue weighted by atomic mass is 19.1. The maximum absolute atomic E-state index is 13.9. The molecule has 0 bridgehead atoms. The molecule has 0 aliphatic carbocycles. The first kappa shape index (κ1) is 15.5. The van der Waals surface area contributed by atoms with E-state index in [1.54, 1.807) is 24.5 Å². The fourth-order valence-electron chi connectivity index (χ4n) is 4.21. The number of likely N-dealkylation sites (tertiary alicyclic amines) is 1. The first-order chi connectivity index (χ1) is 11.7. The normalized spacial score (nSPS) is 24.6. The Bertz CT molecular complexity index is 693. The summed E-state index contributed by atoms with van der Waals surface area (Å²) >= 11 is 0. The van der Waals surface area contributed by atoms with Crippen molar-refractivity contribution in [3.05, 3.63) is 54.1 Å². The molecule has 126 valence electrons. The lowest BCUT2D eigenvalue weighted by Gasteiger charge is -2.40. The molecule has 0 saturated carbocycles. The van der Waals surface area contributed by atoms with Gasteiger partial charge in [0.2, 0.25) is 5.95 Å². The number of benzene rings is 1. The van der Waals surface area contributed by atoms with Gasteiger partial charge in [-0.1, -0.05) is 18.2 Å². The summed E-state index contributed by atoms with van der Waals surface area (Å²) in [7, 11) is 0. The van der Waals surface area contributed by atoms with E-state index in [9.17, 15) is 4.39 Å². The van der Waals surface area contributed by atoms with E-state index in [1.807, 2.05) is 18.2 Å². The summed E-state index contributed by atoms with van der Waals surface area (Å²) in [4.78, 5) is 13.5. The largest absolute Gasteiger partial charge is 0.340 e. The Morgan fingerprint density at radius 3 is 2.67 bits per heavy atom. The third kappa shape index (κ3) is 3.13. The van der Waals surface area contributed by atoms with Crippen LogP contribution in [0.25, 0.3) is 0 Å². The molecule has 2 aliphatic heterocycles. The number of nitrogens with zero attached hydrogens (tertiary/aromatic N) is 4. The second-order valence-corrected chi connectivity index (χ2v) is 7.13. The second kappa shape index (κ2) is 6.48. The molecule has 5 heteroatoms. The van der Waals surface area contributed by atoms with Crippen LogP contribution >= 0.6 is 0 Å². The molecule has 1 aromatic heterocycles. The Morgan fingerprint density at radius 2 is 1.83 bits per heavy atom. The first-order valence-corrected chi connectivity index (χ1v) is 8.72. The van der Waals surface area contributed by atoms with Gasteiger partial charge in [-0.25, -0.2) is 14.4 Å². The Kier molecular flexibility index (Phi) is 4.19. The van der Waals surface area contributed by atoms with Crippen LogP contribution in [0.15, 0.2) is 42.7 Å². The lowest BCUT2D eigenvalue weighted by Crippen LogP contribution is -2.44. The van der Waals surface area contributed by atoms with Crippen molar-refractivity contribution in [1.29, 1.82) is 0 Å². The van der Waals surface area contributed by atoms with Gasteiger partial charge in [-0.05, 0) is 37.9 Å². The lowest BCUT2D eigenvalue weighted by molar-refractivity contribution is 0.0981. The number of anilines is 1. The van der Waals surface area contributed by atoms with Gasteiger partial charge in [-0.2, -0.15) is 0 Å². The van der Waals surface area contributed by atoms with Crippen molar-refractivity contribution in [3.63, 3.8) is 0 Å². The molecule has 2 fully saturated rings. The average Bonchev–Trinajstić information content (AvgIpc) is 3.01. The Balaban J connectivity index is 1.44. The molecule has 3 heterocycles. The SMILES string of the molecule is Fc1ccccc1CN1CCC[C@@]2(CCN(c3ncccn3)C2)C1. The quantitative estimate of drug-likeness (QED) is 0.867. The molecular formula is C19H23FN4. The topological polar surface area (TPSA) is 32.3 Å². The van der Waals surface area contributed by atoms with Crippen molar-refractivity contribution in [1.82, 2.24) is 14.9 Å². The first-order valence-electron chi connectivity index (χ1n) is 8.72. The van der Waals surface area contributed by atoms with Gasteiger partial charge in [0, 0.05) is 49.6 Å². The van der Waals surface area contributed by atoms with Crippen LogP contribution in [-0.4, -0.2) is 41.0 Å². The Hall–Kier alpha value is -2.01. The summed E-state index contributed by atoms with van der Waals surface area (Å²) in [5.74, 6) is 0.739. The number of aromatic nitrogens is 2. The zero-order chi connectivity index (χ0) is 16.4. The van der Waals surface area contributed by atoms with E-state index in [2.05, 4.69) is 19.8 Å². The number of halogens is 1. The van der Waals surface area contributed by atoms with Gasteiger partial charge in [0.25, 0.3) is 0 Å². The molecule has 0 amide bonds. The second-order valence-electron chi connectivity index (χ2n) is 7.13. The molecule has 0 N–H and O–H groups in total. The summed E-state index contributed by atoms with van der Waals surface area (Å²) in [6.45, 7) is 4.81. The minimum atomic E-state index is -0.0946. The van der Waals surface area contributed by atoms with Gasteiger partial charge in [0.1, 0.15) is 5.82 Å². The predicted octanol–water partition coefficient (Wildman–Crippen LogP) is 3.11. The van der Waals surface area contributed by atoms with E-state index >= 15 is 0 Å². The standard InChI is InChI=1S/C19H23FN4/c20-17-6-2-1-5-16(17)13-23-11-3-7-19(14-23)8-12-24(15-19)18-21-9-4-10-22-18/h1-2,4-6,9-10H,3,7-8,11-15H2/t19-/m1/s1. The van der Waals surface area contributed by atoms with Crippen molar-refractivity contribution in [2.75, 3.05) is 31.1 Å². The van der Waals surface area contributed by atoms with Gasteiger partial charge in [-0.3, -0.25) is 4.90 Å². The number of hydrogen-bond donors (Lipinski definition) is 0. The highest BCUT2D eigenvalue weighted by Crippen LogP contribution is 2.40. The van der Waals surface area contributed by atoms with Gasteiger partial charge < -0.3 is 4.90 Å². The molecule has 1 spiro atoms. The van der Waals surface area contributed by atoms with Crippen molar-refractivity contribution < 1.29 is 4.39 Å². The summed E-state index contributed by atoms with van der Waals surface area (Å²) in [5, 5.41) is 0. The van der Waals surface area contributed by atoms with Crippen LogP contribution in [0, 0.1) is 11.2 Å². The molecule has 4 rings (SSSR count). The highest BCUT2D eigenvalue weighted by molar-refractivity contribution is 5.32. The maximum Gasteiger partial charge on any atom is 0.225 e. The summed E-state index contributed by atoms with van der Waals surface area (Å²) in [6, 6.07) is 8.98. The van der Waals surface area contributed by atoms with Crippen LogP contribution in [-0.2, 0) is 6.54 Å². The highest BCUT2D eigenvalue weighted by Gasteiger charge is 2.42. The monoisotopic (exact) mass is 326 g/mol. The number of hydrogen-bond acceptors (Lipinski definition) is 4. The van der Waals surface area contributed by atoms with Crippen LogP contribution in [0.1, 0.15) is 24.8 Å².